The molecule has 0 aliphatic heterocycles. The molecule has 2 aromatic carbocycles. The highest BCUT2D eigenvalue weighted by atomic mass is 32.2. The molecule has 9 heteroatoms. The van der Waals surface area contributed by atoms with Crippen molar-refractivity contribution >= 4 is 23.5 Å². The van der Waals surface area contributed by atoms with Gasteiger partial charge in [0.2, 0.25) is 11.1 Å². The van der Waals surface area contributed by atoms with Crippen LogP contribution in [0.15, 0.2) is 65.8 Å². The summed E-state index contributed by atoms with van der Waals surface area (Å²) in [5, 5.41) is 25.0. The van der Waals surface area contributed by atoms with Crippen LogP contribution in [0.2, 0.25) is 0 Å². The highest BCUT2D eigenvalue weighted by molar-refractivity contribution is 7.99. The summed E-state index contributed by atoms with van der Waals surface area (Å²) in [6.07, 6.45) is 0. The lowest BCUT2D eigenvalue weighted by atomic mass is 10.2. The van der Waals surface area contributed by atoms with E-state index in [1.165, 1.54) is 11.8 Å². The summed E-state index contributed by atoms with van der Waals surface area (Å²) in [7, 11) is 0. The molecule has 4 rings (SSSR count). The lowest BCUT2D eigenvalue weighted by Gasteiger charge is -2.13. The molecule has 4 aromatic rings. The number of tetrazole rings is 1. The molecule has 1 amide bonds. The number of nitrogens with zero attached hydrogens (tertiary/aromatic N) is 6. The Labute approximate surface area is 189 Å². The third-order valence-corrected chi connectivity index (χ3v) is 6.06. The Morgan fingerprint density at radius 1 is 1.09 bits per heavy atom. The molecule has 160 valence electrons. The van der Waals surface area contributed by atoms with Crippen LogP contribution in [0.4, 0.5) is 5.82 Å². The van der Waals surface area contributed by atoms with Gasteiger partial charge in [-0.05, 0) is 47.5 Å². The summed E-state index contributed by atoms with van der Waals surface area (Å²) in [5.74, 6) is 0.344. The smallest absolute Gasteiger partial charge is 0.236 e. The molecule has 0 unspecified atom stereocenters. The van der Waals surface area contributed by atoms with Crippen molar-refractivity contribution in [3.8, 4) is 11.8 Å². The molecule has 0 saturated carbocycles. The van der Waals surface area contributed by atoms with Gasteiger partial charge in [0, 0.05) is 11.4 Å². The van der Waals surface area contributed by atoms with E-state index in [4.69, 9.17) is 0 Å². The second-order valence-electron chi connectivity index (χ2n) is 7.16. The second kappa shape index (κ2) is 9.49. The first-order valence-electron chi connectivity index (χ1n) is 9.98. The van der Waals surface area contributed by atoms with Crippen molar-refractivity contribution in [3.05, 3.63) is 83.0 Å². The Bertz CT molecular complexity index is 1270. The summed E-state index contributed by atoms with van der Waals surface area (Å²) in [4.78, 5) is 12.8. The van der Waals surface area contributed by atoms with Crippen LogP contribution in [0.3, 0.4) is 0 Å². The number of amides is 1. The fourth-order valence-electron chi connectivity index (χ4n) is 3.41. The highest BCUT2D eigenvalue weighted by Gasteiger charge is 2.21. The number of rotatable bonds is 7. The average Bonchev–Trinajstić information content (AvgIpc) is 3.35. The predicted molar refractivity (Wildman–Crippen MR) is 123 cm³/mol. The Morgan fingerprint density at radius 2 is 1.78 bits per heavy atom. The van der Waals surface area contributed by atoms with Crippen LogP contribution >= 0.6 is 11.8 Å². The van der Waals surface area contributed by atoms with E-state index in [1.54, 1.807) is 4.68 Å². The highest BCUT2D eigenvalue weighted by Crippen LogP contribution is 2.30. The van der Waals surface area contributed by atoms with Crippen molar-refractivity contribution in [1.29, 1.82) is 5.26 Å². The topological polar surface area (TPSA) is 101 Å². The van der Waals surface area contributed by atoms with Gasteiger partial charge in [0.15, 0.2) is 0 Å². The Morgan fingerprint density at radius 3 is 2.47 bits per heavy atom. The molecule has 0 atom stereocenters. The summed E-state index contributed by atoms with van der Waals surface area (Å²) >= 11 is 1.25. The number of benzene rings is 2. The van der Waals surface area contributed by atoms with Crippen LogP contribution < -0.4 is 5.32 Å². The van der Waals surface area contributed by atoms with E-state index in [0.717, 1.165) is 22.5 Å². The monoisotopic (exact) mass is 443 g/mol. The maximum atomic E-state index is 12.8. The molecule has 2 aromatic heterocycles. The number of anilines is 1. The zero-order chi connectivity index (χ0) is 22.5. The number of hydrogen-bond donors (Lipinski definition) is 1. The molecule has 0 saturated heterocycles. The summed E-state index contributed by atoms with van der Waals surface area (Å²) in [6, 6.07) is 21.7. The van der Waals surface area contributed by atoms with Gasteiger partial charge in [0.25, 0.3) is 0 Å². The molecule has 1 N–H and O–H groups in total. The van der Waals surface area contributed by atoms with Gasteiger partial charge in [0.05, 0.1) is 17.9 Å². The zero-order valence-electron chi connectivity index (χ0n) is 17.7. The first-order valence-corrected chi connectivity index (χ1v) is 11.0. The first kappa shape index (κ1) is 21.3. The molecule has 8 nitrogen and oxygen atoms in total. The standard InChI is InChI=1S/C23H21N7OS/c1-16-17(2)30(19-11-7-4-8-12-19)22(20(16)13-24)25-21(31)15-32-23-26-27-28-29(23)14-18-9-5-3-6-10-18/h3-12H,14-15H2,1-2H3,(H,25,31). The van der Waals surface area contributed by atoms with Crippen molar-refractivity contribution in [2.24, 2.45) is 0 Å². The number of aromatic nitrogens is 5. The summed E-state index contributed by atoms with van der Waals surface area (Å²) in [5.41, 5.74) is 4.15. The molecular weight excluding hydrogens is 422 g/mol. The van der Waals surface area contributed by atoms with Gasteiger partial charge in [-0.3, -0.25) is 9.36 Å². The van der Waals surface area contributed by atoms with Gasteiger partial charge in [-0.1, -0.05) is 60.3 Å². The Hall–Kier alpha value is -3.90. The van der Waals surface area contributed by atoms with E-state index >= 15 is 0 Å². The normalized spacial score (nSPS) is 10.7. The third kappa shape index (κ3) is 4.40. The van der Waals surface area contributed by atoms with Crippen LogP contribution in [-0.2, 0) is 11.3 Å². The fourth-order valence-corrected chi connectivity index (χ4v) is 4.09. The predicted octanol–water partition coefficient (Wildman–Crippen LogP) is 3.73. The van der Waals surface area contributed by atoms with Gasteiger partial charge in [0.1, 0.15) is 11.9 Å². The quantitative estimate of drug-likeness (QED) is 0.437. The molecular formula is C23H21N7OS. The van der Waals surface area contributed by atoms with Crippen molar-refractivity contribution in [1.82, 2.24) is 24.8 Å². The maximum Gasteiger partial charge on any atom is 0.236 e. The van der Waals surface area contributed by atoms with Crippen LogP contribution in [0.5, 0.6) is 0 Å². The van der Waals surface area contributed by atoms with Gasteiger partial charge >= 0.3 is 0 Å². The minimum Gasteiger partial charge on any atom is -0.310 e. The number of nitrogens with one attached hydrogen (secondary N) is 1. The number of carbonyl (C=O) groups is 1. The van der Waals surface area contributed by atoms with E-state index in [1.807, 2.05) is 79.1 Å². The molecule has 0 aliphatic rings. The van der Waals surface area contributed by atoms with Crippen LogP contribution in [0.1, 0.15) is 22.4 Å². The number of nitriles is 1. The van der Waals surface area contributed by atoms with Crippen molar-refractivity contribution in [3.63, 3.8) is 0 Å². The van der Waals surface area contributed by atoms with Crippen LogP contribution in [-0.4, -0.2) is 36.4 Å². The number of carbonyl (C=O) groups excluding carboxylic acids is 1. The lowest BCUT2D eigenvalue weighted by molar-refractivity contribution is -0.113. The zero-order valence-corrected chi connectivity index (χ0v) is 18.5. The average molecular weight is 444 g/mol. The van der Waals surface area contributed by atoms with Gasteiger partial charge < -0.3 is 5.32 Å². The summed E-state index contributed by atoms with van der Waals surface area (Å²) < 4.78 is 3.56. The van der Waals surface area contributed by atoms with Crippen molar-refractivity contribution < 1.29 is 4.79 Å². The molecule has 0 radical (unpaired) electrons. The minimum atomic E-state index is -0.240. The molecule has 0 bridgehead atoms. The fraction of sp³-hybridized carbons (Fsp3) is 0.174. The molecule has 0 aliphatic carbocycles. The molecule has 0 spiro atoms. The van der Waals surface area contributed by atoms with Crippen LogP contribution in [0, 0.1) is 25.2 Å². The Balaban J connectivity index is 1.51. The van der Waals surface area contributed by atoms with Crippen molar-refractivity contribution in [2.75, 3.05) is 11.1 Å². The van der Waals surface area contributed by atoms with E-state index < -0.39 is 0 Å². The SMILES string of the molecule is Cc1c(C#N)c(NC(=O)CSc2nnnn2Cc2ccccc2)n(-c2ccccc2)c1C. The summed E-state index contributed by atoms with van der Waals surface area (Å²) in [6.45, 7) is 4.34. The van der Waals surface area contributed by atoms with Gasteiger partial charge in [-0.25, -0.2) is 4.68 Å². The maximum absolute atomic E-state index is 12.8. The van der Waals surface area contributed by atoms with E-state index in [0.29, 0.717) is 23.1 Å². The first-order chi connectivity index (χ1) is 15.6. The Kier molecular flexibility index (Phi) is 6.33. The van der Waals surface area contributed by atoms with E-state index in [-0.39, 0.29) is 11.7 Å². The molecule has 0 fully saturated rings. The third-order valence-electron chi connectivity index (χ3n) is 5.10. The van der Waals surface area contributed by atoms with Gasteiger partial charge in [-0.15, -0.1) is 5.10 Å². The molecule has 2 heterocycles. The number of para-hydroxylation sites is 1. The lowest BCUT2D eigenvalue weighted by Crippen LogP contribution is -2.18. The second-order valence-corrected chi connectivity index (χ2v) is 8.10. The number of thioether (sulfide) groups is 1. The van der Waals surface area contributed by atoms with Crippen molar-refractivity contribution in [2.45, 2.75) is 25.5 Å². The van der Waals surface area contributed by atoms with Gasteiger partial charge in [-0.2, -0.15) is 5.26 Å². The van der Waals surface area contributed by atoms with Crippen LogP contribution in [0.25, 0.3) is 5.69 Å². The molecule has 32 heavy (non-hydrogen) atoms. The minimum absolute atomic E-state index is 0.109. The largest absolute Gasteiger partial charge is 0.310 e. The van der Waals surface area contributed by atoms with E-state index in [2.05, 4.69) is 26.9 Å². The number of hydrogen-bond acceptors (Lipinski definition) is 6. The van der Waals surface area contributed by atoms with E-state index in [9.17, 15) is 10.1 Å².